The molecule has 7 nitrogen and oxygen atoms in total. The van der Waals surface area contributed by atoms with Crippen LogP contribution in [0.4, 0.5) is 5.13 Å². The molecule has 96 valence electrons. The van der Waals surface area contributed by atoms with Crippen molar-refractivity contribution in [1.82, 2.24) is 14.8 Å². The van der Waals surface area contributed by atoms with E-state index in [2.05, 4.69) is 35.5 Å². The summed E-state index contributed by atoms with van der Waals surface area (Å²) in [6, 6.07) is 4.68. The van der Waals surface area contributed by atoms with Crippen LogP contribution in [-0.4, -0.2) is 30.3 Å². The zero-order valence-corrected chi connectivity index (χ0v) is 12.2. The Kier molecular flexibility index (Phi) is 3.78. The highest BCUT2D eigenvalue weighted by atomic mass is 79.9. The molecule has 0 aliphatic carbocycles. The predicted molar refractivity (Wildman–Crippen MR) is 69.2 cm³/mol. The third-order valence-electron chi connectivity index (χ3n) is 1.94. The molecule has 0 amide bonds. The molecule has 2 rings (SSSR count). The van der Waals surface area contributed by atoms with Crippen molar-refractivity contribution >= 4 is 42.6 Å². The first-order valence-corrected chi connectivity index (χ1v) is 7.59. The van der Waals surface area contributed by atoms with Gasteiger partial charge in [0.25, 0.3) is 10.0 Å². The molecule has 0 atom stereocenters. The van der Waals surface area contributed by atoms with Gasteiger partial charge >= 0.3 is 0 Å². The summed E-state index contributed by atoms with van der Waals surface area (Å²) in [6.07, 6.45) is 0. The molecule has 0 fully saturated rings. The van der Waals surface area contributed by atoms with Crippen LogP contribution in [0, 0.1) is 0 Å². The molecule has 18 heavy (non-hydrogen) atoms. The normalized spacial score (nSPS) is 11.2. The van der Waals surface area contributed by atoms with Crippen LogP contribution in [0.2, 0.25) is 0 Å². The van der Waals surface area contributed by atoms with E-state index in [-0.39, 0.29) is 15.8 Å². The molecule has 0 aliphatic rings. The number of anilines is 1. The molecule has 0 radical (unpaired) electrons. The second-order valence-corrected chi connectivity index (χ2v) is 6.37. The first kappa shape index (κ1) is 13.2. The molecule has 0 aliphatic heterocycles. The molecule has 1 aromatic carbocycles. The SMILES string of the molecule is COc1ccc(Br)cc1S(=O)(=O)Nc1nnns1. The number of methoxy groups -OCH3 is 1. The third kappa shape index (κ3) is 2.76. The van der Waals surface area contributed by atoms with Gasteiger partial charge in [0.15, 0.2) is 0 Å². The molecule has 0 bridgehead atoms. The van der Waals surface area contributed by atoms with E-state index in [0.29, 0.717) is 4.47 Å². The largest absolute Gasteiger partial charge is 0.495 e. The van der Waals surface area contributed by atoms with Gasteiger partial charge in [0.05, 0.1) is 7.11 Å². The van der Waals surface area contributed by atoms with Crippen molar-refractivity contribution in [2.75, 3.05) is 11.8 Å². The molecule has 0 spiro atoms. The van der Waals surface area contributed by atoms with Crippen molar-refractivity contribution < 1.29 is 13.2 Å². The minimum Gasteiger partial charge on any atom is -0.495 e. The fraction of sp³-hybridized carbons (Fsp3) is 0.125. The number of hydrogen-bond acceptors (Lipinski definition) is 7. The highest BCUT2D eigenvalue weighted by molar-refractivity contribution is 9.10. The summed E-state index contributed by atoms with van der Waals surface area (Å²) < 4.78 is 35.6. The number of sulfonamides is 1. The van der Waals surface area contributed by atoms with Gasteiger partial charge in [-0.15, -0.1) is 0 Å². The lowest BCUT2D eigenvalue weighted by molar-refractivity contribution is 0.403. The van der Waals surface area contributed by atoms with E-state index in [9.17, 15) is 8.42 Å². The number of rotatable bonds is 4. The fourth-order valence-corrected chi connectivity index (χ4v) is 3.50. The molecular formula is C8H7BrN4O3S2. The van der Waals surface area contributed by atoms with Crippen LogP contribution in [-0.2, 0) is 10.0 Å². The monoisotopic (exact) mass is 350 g/mol. The van der Waals surface area contributed by atoms with Crippen LogP contribution in [0.15, 0.2) is 27.6 Å². The quantitative estimate of drug-likeness (QED) is 0.897. The van der Waals surface area contributed by atoms with Crippen molar-refractivity contribution in [3.8, 4) is 5.75 Å². The van der Waals surface area contributed by atoms with E-state index in [1.54, 1.807) is 12.1 Å². The third-order valence-corrected chi connectivity index (χ3v) is 4.43. The van der Waals surface area contributed by atoms with Gasteiger partial charge in [0, 0.05) is 16.0 Å². The van der Waals surface area contributed by atoms with E-state index < -0.39 is 10.0 Å². The topological polar surface area (TPSA) is 94.1 Å². The average molecular weight is 351 g/mol. The summed E-state index contributed by atoms with van der Waals surface area (Å²) in [7, 11) is -2.39. The molecule has 1 aromatic heterocycles. The molecule has 0 unspecified atom stereocenters. The van der Waals surface area contributed by atoms with Crippen molar-refractivity contribution in [1.29, 1.82) is 0 Å². The Bertz CT molecular complexity index is 644. The lowest BCUT2D eigenvalue weighted by atomic mass is 10.3. The van der Waals surface area contributed by atoms with Crippen LogP contribution in [0.1, 0.15) is 0 Å². The van der Waals surface area contributed by atoms with Crippen molar-refractivity contribution in [2.24, 2.45) is 0 Å². The predicted octanol–water partition coefficient (Wildman–Crippen LogP) is 1.50. The summed E-state index contributed by atoms with van der Waals surface area (Å²) in [5, 5.41) is 6.93. The maximum Gasteiger partial charge on any atom is 0.267 e. The molecule has 0 saturated carbocycles. The Balaban J connectivity index is 2.43. The number of ether oxygens (including phenoxy) is 1. The Hall–Kier alpha value is -1.26. The van der Waals surface area contributed by atoms with Gasteiger partial charge in [-0.3, -0.25) is 4.72 Å². The Morgan fingerprint density at radius 2 is 2.22 bits per heavy atom. The van der Waals surface area contributed by atoms with Crippen LogP contribution in [0.25, 0.3) is 0 Å². The standard InChI is InChI=1S/C8H7BrN4O3S2/c1-16-6-3-2-5(9)4-7(6)18(14,15)11-8-10-12-13-17-8/h2-4H,1H3,(H,10,11,13). The van der Waals surface area contributed by atoms with Crippen molar-refractivity contribution in [3.05, 3.63) is 22.7 Å². The number of hydrogen-bond donors (Lipinski definition) is 1. The number of aromatic nitrogens is 3. The van der Waals surface area contributed by atoms with Crippen LogP contribution < -0.4 is 9.46 Å². The first-order valence-electron chi connectivity index (χ1n) is 4.54. The summed E-state index contributed by atoms with van der Waals surface area (Å²) in [4.78, 5) is 0.00887. The minimum absolute atomic E-state index is 0.00887. The van der Waals surface area contributed by atoms with Gasteiger partial charge in [0.1, 0.15) is 10.6 Å². The number of halogens is 1. The van der Waals surface area contributed by atoms with Crippen molar-refractivity contribution in [3.63, 3.8) is 0 Å². The average Bonchev–Trinajstić information content (AvgIpc) is 2.81. The maximum absolute atomic E-state index is 12.1. The van der Waals surface area contributed by atoms with Gasteiger partial charge in [-0.05, 0) is 23.4 Å². The van der Waals surface area contributed by atoms with Gasteiger partial charge in [-0.25, -0.2) is 8.42 Å². The van der Waals surface area contributed by atoms with E-state index >= 15 is 0 Å². The van der Waals surface area contributed by atoms with E-state index in [0.717, 1.165) is 11.5 Å². The summed E-state index contributed by atoms with van der Waals surface area (Å²) in [5.74, 6) is 0.239. The highest BCUT2D eigenvalue weighted by Gasteiger charge is 2.21. The van der Waals surface area contributed by atoms with Gasteiger partial charge < -0.3 is 4.74 Å². The minimum atomic E-state index is -3.79. The number of nitrogens with one attached hydrogen (secondary N) is 1. The molecule has 0 saturated heterocycles. The van der Waals surface area contributed by atoms with Crippen LogP contribution >= 0.6 is 27.5 Å². The Labute approximate surface area is 116 Å². The zero-order valence-electron chi connectivity index (χ0n) is 8.99. The van der Waals surface area contributed by atoms with Crippen LogP contribution in [0.3, 0.4) is 0 Å². The van der Waals surface area contributed by atoms with Gasteiger partial charge in [-0.1, -0.05) is 25.5 Å². The smallest absolute Gasteiger partial charge is 0.267 e. The summed E-state index contributed by atoms with van der Waals surface area (Å²) in [6.45, 7) is 0. The summed E-state index contributed by atoms with van der Waals surface area (Å²) in [5.41, 5.74) is 0. The highest BCUT2D eigenvalue weighted by Crippen LogP contribution is 2.28. The summed E-state index contributed by atoms with van der Waals surface area (Å²) >= 11 is 4.06. The molecule has 1 heterocycles. The Morgan fingerprint density at radius 3 is 2.83 bits per heavy atom. The Morgan fingerprint density at radius 1 is 1.44 bits per heavy atom. The lowest BCUT2D eigenvalue weighted by Gasteiger charge is -2.09. The fourth-order valence-electron chi connectivity index (χ4n) is 1.20. The van der Waals surface area contributed by atoms with Gasteiger partial charge in [0.2, 0.25) is 5.13 Å². The lowest BCUT2D eigenvalue weighted by Crippen LogP contribution is -2.14. The molecular weight excluding hydrogens is 344 g/mol. The second kappa shape index (κ2) is 5.16. The van der Waals surface area contributed by atoms with Crippen LogP contribution in [0.5, 0.6) is 5.75 Å². The zero-order chi connectivity index (χ0) is 13.2. The maximum atomic E-state index is 12.1. The molecule has 10 heteroatoms. The number of benzene rings is 1. The first-order chi connectivity index (χ1) is 8.53. The molecule has 2 aromatic rings. The second-order valence-electron chi connectivity index (χ2n) is 3.07. The van der Waals surface area contributed by atoms with E-state index in [1.165, 1.54) is 13.2 Å². The van der Waals surface area contributed by atoms with Gasteiger partial charge in [-0.2, -0.15) is 0 Å². The molecule has 1 N–H and O–H groups in total. The van der Waals surface area contributed by atoms with E-state index in [1.807, 2.05) is 0 Å². The van der Waals surface area contributed by atoms with Crippen molar-refractivity contribution in [2.45, 2.75) is 4.90 Å². The number of nitrogens with zero attached hydrogens (tertiary/aromatic N) is 3. The van der Waals surface area contributed by atoms with E-state index in [4.69, 9.17) is 4.74 Å².